The topological polar surface area (TPSA) is 44.0 Å². The van der Waals surface area contributed by atoms with Crippen molar-refractivity contribution in [1.29, 1.82) is 5.26 Å². The number of aliphatic hydroxyl groups is 1. The minimum Gasteiger partial charge on any atom is -0.384 e. The van der Waals surface area contributed by atoms with Gasteiger partial charge in [0.1, 0.15) is 5.60 Å². The van der Waals surface area contributed by atoms with Gasteiger partial charge in [-0.1, -0.05) is 30.2 Å². The van der Waals surface area contributed by atoms with Crippen LogP contribution >= 0.6 is 11.6 Å². The summed E-state index contributed by atoms with van der Waals surface area (Å²) in [4.78, 5) is 0. The highest BCUT2D eigenvalue weighted by Crippen LogP contribution is 2.53. The number of nitriles is 1. The van der Waals surface area contributed by atoms with Gasteiger partial charge in [-0.25, -0.2) is 0 Å². The molecule has 2 rings (SSSR count). The second kappa shape index (κ2) is 3.76. The molecule has 1 aliphatic carbocycles. The largest absolute Gasteiger partial charge is 0.384 e. The molecule has 1 aromatic carbocycles. The fourth-order valence-electron chi connectivity index (χ4n) is 2.29. The zero-order chi connectivity index (χ0) is 11.8. The van der Waals surface area contributed by atoms with E-state index >= 15 is 0 Å². The highest BCUT2D eigenvalue weighted by molar-refractivity contribution is 6.30. The number of halogens is 1. The highest BCUT2D eigenvalue weighted by Gasteiger charge is 2.52. The maximum atomic E-state index is 10.6. The van der Waals surface area contributed by atoms with Crippen molar-refractivity contribution in [2.45, 2.75) is 31.8 Å². The highest BCUT2D eigenvalue weighted by atomic mass is 35.5. The summed E-state index contributed by atoms with van der Waals surface area (Å²) in [7, 11) is 0. The lowest BCUT2D eigenvalue weighted by Gasteiger charge is -2.46. The molecular weight excluding hydrogens is 222 g/mol. The first-order valence-corrected chi connectivity index (χ1v) is 5.79. The Kier molecular flexibility index (Phi) is 2.69. The predicted molar refractivity (Wildman–Crippen MR) is 62.9 cm³/mol. The van der Waals surface area contributed by atoms with E-state index in [1.54, 1.807) is 31.2 Å². The van der Waals surface area contributed by atoms with Gasteiger partial charge in [0.25, 0.3) is 0 Å². The summed E-state index contributed by atoms with van der Waals surface area (Å²) in [6.07, 6.45) is 2.54. The first kappa shape index (κ1) is 11.4. The van der Waals surface area contributed by atoms with Gasteiger partial charge in [-0.3, -0.25) is 0 Å². The summed E-state index contributed by atoms with van der Waals surface area (Å²) < 4.78 is 0. The van der Waals surface area contributed by atoms with Gasteiger partial charge in [0.2, 0.25) is 0 Å². The van der Waals surface area contributed by atoms with Gasteiger partial charge in [0, 0.05) is 5.02 Å². The zero-order valence-electron chi connectivity index (χ0n) is 9.20. The van der Waals surface area contributed by atoms with Gasteiger partial charge in [0.05, 0.1) is 11.5 Å². The van der Waals surface area contributed by atoms with Crippen molar-refractivity contribution in [3.05, 3.63) is 34.9 Å². The van der Waals surface area contributed by atoms with Gasteiger partial charge in [-0.05, 0) is 37.5 Å². The Hall–Kier alpha value is -1.04. The zero-order valence-corrected chi connectivity index (χ0v) is 9.96. The molecule has 1 unspecified atom stereocenters. The Morgan fingerprint density at radius 1 is 1.38 bits per heavy atom. The third kappa shape index (κ3) is 1.52. The summed E-state index contributed by atoms with van der Waals surface area (Å²) in [6, 6.07) is 9.36. The molecule has 1 aliphatic rings. The van der Waals surface area contributed by atoms with Crippen LogP contribution in [0.15, 0.2) is 24.3 Å². The smallest absolute Gasteiger partial charge is 0.105 e. The third-order valence-corrected chi connectivity index (χ3v) is 4.01. The van der Waals surface area contributed by atoms with Crippen LogP contribution in [0.4, 0.5) is 0 Å². The molecule has 1 fully saturated rings. The molecule has 0 saturated heterocycles. The van der Waals surface area contributed by atoms with E-state index in [0.717, 1.165) is 24.8 Å². The summed E-state index contributed by atoms with van der Waals surface area (Å²) in [5, 5.41) is 20.5. The van der Waals surface area contributed by atoms with Gasteiger partial charge >= 0.3 is 0 Å². The lowest BCUT2D eigenvalue weighted by atomic mass is 9.58. The SMILES string of the molecule is CC(O)(c1ccc(Cl)cc1)C1(C#N)CCC1. The van der Waals surface area contributed by atoms with Crippen LogP contribution in [0.3, 0.4) is 0 Å². The Morgan fingerprint density at radius 2 is 1.94 bits per heavy atom. The Morgan fingerprint density at radius 3 is 2.31 bits per heavy atom. The minimum absolute atomic E-state index is 0.624. The van der Waals surface area contributed by atoms with Crippen molar-refractivity contribution >= 4 is 11.6 Å². The van der Waals surface area contributed by atoms with Crippen LogP contribution in [-0.4, -0.2) is 5.11 Å². The summed E-state index contributed by atoms with van der Waals surface area (Å²) >= 11 is 5.81. The monoisotopic (exact) mass is 235 g/mol. The van der Waals surface area contributed by atoms with Crippen molar-refractivity contribution in [3.8, 4) is 6.07 Å². The maximum Gasteiger partial charge on any atom is 0.105 e. The fraction of sp³-hybridized carbons (Fsp3) is 0.462. The molecule has 1 saturated carbocycles. The van der Waals surface area contributed by atoms with E-state index in [4.69, 9.17) is 11.6 Å². The lowest BCUT2D eigenvalue weighted by Crippen LogP contribution is -2.47. The van der Waals surface area contributed by atoms with Gasteiger partial charge in [0.15, 0.2) is 0 Å². The molecule has 0 aliphatic heterocycles. The van der Waals surface area contributed by atoms with Crippen molar-refractivity contribution < 1.29 is 5.11 Å². The fourth-order valence-corrected chi connectivity index (χ4v) is 2.41. The van der Waals surface area contributed by atoms with E-state index in [9.17, 15) is 10.4 Å². The second-order valence-corrected chi connectivity index (χ2v) is 5.06. The predicted octanol–water partition coefficient (Wildman–Crippen LogP) is 3.24. The number of rotatable bonds is 2. The first-order valence-electron chi connectivity index (χ1n) is 5.41. The first-order chi connectivity index (χ1) is 7.52. The van der Waals surface area contributed by atoms with Crippen LogP contribution in [0.1, 0.15) is 31.7 Å². The van der Waals surface area contributed by atoms with Gasteiger partial charge in [-0.15, -0.1) is 0 Å². The molecular formula is C13H14ClNO. The van der Waals surface area contributed by atoms with E-state index < -0.39 is 11.0 Å². The molecule has 1 atom stereocenters. The van der Waals surface area contributed by atoms with Crippen LogP contribution in [0, 0.1) is 16.7 Å². The minimum atomic E-state index is -1.09. The molecule has 0 amide bonds. The van der Waals surface area contributed by atoms with Crippen molar-refractivity contribution in [2.75, 3.05) is 0 Å². The van der Waals surface area contributed by atoms with E-state index in [0.29, 0.717) is 5.02 Å². The Balaban J connectivity index is 2.38. The molecule has 1 N–H and O–H groups in total. The third-order valence-electron chi connectivity index (χ3n) is 3.76. The normalized spacial score (nSPS) is 21.6. The standard InChI is InChI=1S/C13H14ClNO/c1-12(16,13(9-15)7-2-8-13)10-3-5-11(14)6-4-10/h3-6,16H,2,7-8H2,1H3. The second-order valence-electron chi connectivity index (χ2n) is 4.63. The average Bonchev–Trinajstić information content (AvgIpc) is 2.17. The lowest BCUT2D eigenvalue weighted by molar-refractivity contribution is -0.0858. The van der Waals surface area contributed by atoms with E-state index in [1.807, 2.05) is 0 Å². The molecule has 0 spiro atoms. The van der Waals surface area contributed by atoms with Crippen LogP contribution in [0.25, 0.3) is 0 Å². The molecule has 0 aromatic heterocycles. The molecule has 0 heterocycles. The summed E-state index contributed by atoms with van der Waals surface area (Å²) in [5.41, 5.74) is -0.955. The molecule has 84 valence electrons. The number of benzene rings is 1. The van der Waals surface area contributed by atoms with Gasteiger partial charge in [-0.2, -0.15) is 5.26 Å². The molecule has 16 heavy (non-hydrogen) atoms. The number of nitrogens with zero attached hydrogens (tertiary/aromatic N) is 1. The molecule has 3 heteroatoms. The average molecular weight is 236 g/mol. The van der Waals surface area contributed by atoms with Crippen LogP contribution in [0.2, 0.25) is 5.02 Å². The van der Waals surface area contributed by atoms with Crippen LogP contribution < -0.4 is 0 Å². The molecule has 0 bridgehead atoms. The maximum absolute atomic E-state index is 10.6. The Bertz CT molecular complexity index is 426. The number of hydrogen-bond donors (Lipinski definition) is 1. The number of hydrogen-bond acceptors (Lipinski definition) is 2. The van der Waals surface area contributed by atoms with Crippen molar-refractivity contribution in [2.24, 2.45) is 5.41 Å². The summed E-state index contributed by atoms with van der Waals surface area (Å²) in [6.45, 7) is 1.72. The quantitative estimate of drug-likeness (QED) is 0.855. The van der Waals surface area contributed by atoms with Crippen LogP contribution in [-0.2, 0) is 5.60 Å². The van der Waals surface area contributed by atoms with Crippen LogP contribution in [0.5, 0.6) is 0 Å². The van der Waals surface area contributed by atoms with E-state index in [1.165, 1.54) is 0 Å². The van der Waals surface area contributed by atoms with Gasteiger partial charge < -0.3 is 5.11 Å². The Labute approximate surface area is 100 Å². The molecule has 0 radical (unpaired) electrons. The van der Waals surface area contributed by atoms with Crippen molar-refractivity contribution in [1.82, 2.24) is 0 Å². The molecule has 1 aromatic rings. The van der Waals surface area contributed by atoms with Crippen molar-refractivity contribution in [3.63, 3.8) is 0 Å². The summed E-state index contributed by atoms with van der Waals surface area (Å²) in [5.74, 6) is 0. The van der Waals surface area contributed by atoms with E-state index in [2.05, 4.69) is 6.07 Å². The molecule has 2 nitrogen and oxygen atoms in total. The van der Waals surface area contributed by atoms with E-state index in [-0.39, 0.29) is 0 Å².